The highest BCUT2D eigenvalue weighted by Crippen LogP contribution is 2.37. The third kappa shape index (κ3) is 5.18. The summed E-state index contributed by atoms with van der Waals surface area (Å²) in [4.78, 5) is 7.77. The minimum atomic E-state index is -0.892. The van der Waals surface area contributed by atoms with Crippen LogP contribution in [0.25, 0.3) is 27.0 Å². The quantitative estimate of drug-likeness (QED) is 0.282. The number of rotatable bonds is 9. The first-order valence-corrected chi connectivity index (χ1v) is 12.8. The monoisotopic (exact) mass is 519 g/mol. The van der Waals surface area contributed by atoms with Crippen molar-refractivity contribution >= 4 is 22.4 Å². The molecule has 1 aliphatic rings. The highest BCUT2D eigenvalue weighted by Gasteiger charge is 2.28. The summed E-state index contributed by atoms with van der Waals surface area (Å²) in [5, 5.41) is 32.4. The number of ether oxygens (including phenoxy) is 1. The van der Waals surface area contributed by atoms with Gasteiger partial charge >= 0.3 is 0 Å². The van der Waals surface area contributed by atoms with Crippen molar-refractivity contribution in [3.63, 3.8) is 0 Å². The van der Waals surface area contributed by atoms with Gasteiger partial charge in [-0.3, -0.25) is 9.36 Å². The average Bonchev–Trinajstić information content (AvgIpc) is 3.55. The maximum absolute atomic E-state index is 14.5. The highest BCUT2D eigenvalue weighted by molar-refractivity contribution is 5.93. The average molecular weight is 520 g/mol. The van der Waals surface area contributed by atoms with Gasteiger partial charge in [-0.05, 0) is 38.7 Å². The molecule has 0 radical (unpaired) electrons. The van der Waals surface area contributed by atoms with E-state index in [1.807, 2.05) is 23.9 Å². The van der Waals surface area contributed by atoms with Gasteiger partial charge in [0.25, 0.3) is 0 Å². The lowest BCUT2D eigenvalue weighted by Crippen LogP contribution is -2.26. The molecule has 1 aliphatic carbocycles. The molecule has 3 N–H and O–H groups in total. The second-order valence-corrected chi connectivity index (χ2v) is 9.45. The molecule has 10 nitrogen and oxygen atoms in total. The van der Waals surface area contributed by atoms with Gasteiger partial charge in [0.05, 0.1) is 49.7 Å². The van der Waals surface area contributed by atoms with E-state index in [1.165, 1.54) is 6.07 Å². The molecule has 1 atom stereocenters. The third-order valence-electron chi connectivity index (χ3n) is 6.81. The zero-order chi connectivity index (χ0) is 26.6. The summed E-state index contributed by atoms with van der Waals surface area (Å²) in [6.07, 6.45) is 7.33. The Kier molecular flexibility index (Phi) is 7.53. The van der Waals surface area contributed by atoms with Crippen LogP contribution in [0.2, 0.25) is 0 Å². The van der Waals surface area contributed by atoms with Crippen molar-refractivity contribution < 1.29 is 19.3 Å². The van der Waals surface area contributed by atoms with Crippen molar-refractivity contribution in [3.05, 3.63) is 60.1 Å². The Labute approximate surface area is 219 Å². The molecule has 0 unspecified atom stereocenters. The first-order valence-electron chi connectivity index (χ1n) is 12.8. The Bertz CT molecular complexity index is 1450. The summed E-state index contributed by atoms with van der Waals surface area (Å²) in [6.45, 7) is 9.72. The number of anilines is 1. The number of hydrogen-bond donors (Lipinski definition) is 3. The lowest BCUT2D eigenvalue weighted by Gasteiger charge is -2.29. The largest absolute Gasteiger partial charge is 0.489 e. The number of hydrogen-bond acceptors (Lipinski definition) is 7. The predicted octanol–water partition coefficient (Wildman–Crippen LogP) is 4.33. The molecule has 11 heteroatoms. The number of nitrogens with one attached hydrogen (secondary N) is 1. The van der Waals surface area contributed by atoms with Crippen LogP contribution in [0, 0.1) is 12.4 Å². The van der Waals surface area contributed by atoms with Crippen LogP contribution in [0.4, 0.5) is 15.9 Å². The van der Waals surface area contributed by atoms with Crippen molar-refractivity contribution in [2.75, 3.05) is 18.5 Å². The van der Waals surface area contributed by atoms with E-state index in [1.54, 1.807) is 29.2 Å². The van der Waals surface area contributed by atoms with Gasteiger partial charge in [0.15, 0.2) is 5.82 Å². The molecule has 0 amide bonds. The minimum Gasteiger partial charge on any atom is -0.489 e. The molecule has 3 aromatic heterocycles. The molecule has 0 aliphatic heterocycles. The van der Waals surface area contributed by atoms with Crippen molar-refractivity contribution in [1.82, 2.24) is 24.5 Å². The van der Waals surface area contributed by atoms with Crippen LogP contribution in [0.15, 0.2) is 42.9 Å². The van der Waals surface area contributed by atoms with E-state index in [0.29, 0.717) is 0 Å². The maximum Gasteiger partial charge on any atom is 0.225 e. The SMILES string of the molecule is [C-]#[N+]c1cccc(OC2CCC(n3nc(-c4cnn(C[C@H](O)CO)c4)c4cnc(NCC)cc43)CC2)c1F. The van der Waals surface area contributed by atoms with Gasteiger partial charge in [-0.2, -0.15) is 10.2 Å². The fourth-order valence-corrected chi connectivity index (χ4v) is 4.92. The molecule has 0 bridgehead atoms. The second kappa shape index (κ2) is 11.2. The van der Waals surface area contributed by atoms with Gasteiger partial charge in [-0.15, -0.1) is 0 Å². The first kappa shape index (κ1) is 25.6. The number of aromatic nitrogens is 5. The maximum atomic E-state index is 14.5. The fourth-order valence-electron chi connectivity index (χ4n) is 4.92. The van der Waals surface area contributed by atoms with Crippen molar-refractivity contribution in [2.45, 2.75) is 57.4 Å². The van der Waals surface area contributed by atoms with E-state index in [2.05, 4.69) is 20.2 Å². The topological polar surface area (TPSA) is 115 Å². The summed E-state index contributed by atoms with van der Waals surface area (Å²) in [7, 11) is 0. The van der Waals surface area contributed by atoms with Gasteiger partial charge in [0.2, 0.25) is 5.69 Å². The summed E-state index contributed by atoms with van der Waals surface area (Å²) in [5.41, 5.74) is 2.46. The predicted molar refractivity (Wildman–Crippen MR) is 141 cm³/mol. The van der Waals surface area contributed by atoms with Crippen LogP contribution < -0.4 is 10.1 Å². The minimum absolute atomic E-state index is 0.0361. The third-order valence-corrected chi connectivity index (χ3v) is 6.81. The van der Waals surface area contributed by atoms with E-state index >= 15 is 0 Å². The van der Waals surface area contributed by atoms with Crippen LogP contribution >= 0.6 is 0 Å². The number of aliphatic hydroxyl groups is 2. The molecule has 198 valence electrons. The summed E-state index contributed by atoms with van der Waals surface area (Å²) in [6, 6.07) is 6.77. The molecule has 38 heavy (non-hydrogen) atoms. The summed E-state index contributed by atoms with van der Waals surface area (Å²) >= 11 is 0. The molecule has 4 aromatic rings. The van der Waals surface area contributed by atoms with E-state index in [-0.39, 0.29) is 36.7 Å². The zero-order valence-electron chi connectivity index (χ0n) is 21.1. The van der Waals surface area contributed by atoms with E-state index in [4.69, 9.17) is 21.5 Å². The molecular formula is C27H30FN7O3. The normalized spacial score (nSPS) is 18.3. The zero-order valence-corrected chi connectivity index (χ0v) is 21.1. The van der Waals surface area contributed by atoms with Crippen molar-refractivity contribution in [1.29, 1.82) is 0 Å². The van der Waals surface area contributed by atoms with Crippen LogP contribution in [0.1, 0.15) is 38.6 Å². The number of benzene rings is 1. The lowest BCUT2D eigenvalue weighted by atomic mass is 9.93. The van der Waals surface area contributed by atoms with Crippen LogP contribution in [-0.4, -0.2) is 60.1 Å². The molecule has 5 rings (SSSR count). The summed E-state index contributed by atoms with van der Waals surface area (Å²) < 4.78 is 24.1. The van der Waals surface area contributed by atoms with Gasteiger partial charge in [0, 0.05) is 36.0 Å². The van der Waals surface area contributed by atoms with Crippen LogP contribution in [0.5, 0.6) is 5.75 Å². The molecule has 0 saturated heterocycles. The van der Waals surface area contributed by atoms with Crippen molar-refractivity contribution in [2.24, 2.45) is 0 Å². The Hall–Kier alpha value is -4.01. The molecule has 1 fully saturated rings. The van der Waals surface area contributed by atoms with Gasteiger partial charge in [-0.1, -0.05) is 12.1 Å². The van der Waals surface area contributed by atoms with Gasteiger partial charge in [-0.25, -0.2) is 14.2 Å². The van der Waals surface area contributed by atoms with E-state index in [9.17, 15) is 9.50 Å². The van der Waals surface area contributed by atoms with Gasteiger partial charge in [0.1, 0.15) is 17.3 Å². The smallest absolute Gasteiger partial charge is 0.225 e. The van der Waals surface area contributed by atoms with E-state index < -0.39 is 11.9 Å². The number of aliphatic hydroxyl groups excluding tert-OH is 2. The molecule has 0 spiro atoms. The molecule has 1 saturated carbocycles. The number of pyridine rings is 1. The Morgan fingerprint density at radius 3 is 2.82 bits per heavy atom. The standard InChI is InChI=1S/C27H30FN7O3/c1-3-30-25-11-23-21(13-31-25)27(17-12-32-34(14-17)15-19(37)16-36)33-35(23)18-7-9-20(10-8-18)38-24-6-4-5-22(29-2)26(24)28/h4-6,11-14,18-20,36-37H,3,7-10,15-16H2,1H3,(H,30,31)/t18?,19-,20?/m0/s1. The number of fused-ring (bicyclic) bond motifs is 1. The van der Waals surface area contributed by atoms with Crippen LogP contribution in [-0.2, 0) is 6.54 Å². The number of halogens is 1. The Morgan fingerprint density at radius 1 is 1.26 bits per heavy atom. The molecular weight excluding hydrogens is 489 g/mol. The molecule has 3 heterocycles. The van der Waals surface area contributed by atoms with Gasteiger partial charge < -0.3 is 20.3 Å². The number of nitrogens with zero attached hydrogens (tertiary/aromatic N) is 6. The fraction of sp³-hybridized carbons (Fsp3) is 0.407. The Morgan fingerprint density at radius 2 is 2.08 bits per heavy atom. The lowest BCUT2D eigenvalue weighted by molar-refractivity contribution is 0.0783. The second-order valence-electron chi connectivity index (χ2n) is 9.45. The highest BCUT2D eigenvalue weighted by atomic mass is 19.1. The Balaban J connectivity index is 1.39. The summed E-state index contributed by atoms with van der Waals surface area (Å²) in [5.74, 6) is 0.281. The van der Waals surface area contributed by atoms with Crippen LogP contribution in [0.3, 0.4) is 0 Å². The van der Waals surface area contributed by atoms with E-state index in [0.717, 1.165) is 60.2 Å². The first-order chi connectivity index (χ1) is 18.5. The molecule has 1 aromatic carbocycles. The van der Waals surface area contributed by atoms with Crippen molar-refractivity contribution in [3.8, 4) is 17.0 Å².